The number of aliphatic hydroxyl groups excluding tert-OH is 1. The zero-order valence-electron chi connectivity index (χ0n) is 10.8. The Hall–Kier alpha value is -0.120. The number of rotatable bonds is 6. The summed E-state index contributed by atoms with van der Waals surface area (Å²) in [5.41, 5.74) is 6.24. The lowest BCUT2D eigenvalue weighted by molar-refractivity contribution is -0.0826. The maximum Gasteiger partial charge on any atom is 0.0804 e. The first-order valence-corrected chi connectivity index (χ1v) is 6.49. The van der Waals surface area contributed by atoms with E-state index in [1.165, 1.54) is 12.8 Å². The molecule has 0 bridgehead atoms. The maximum absolute atomic E-state index is 8.71. The molecule has 0 aromatic heterocycles. The SMILES string of the molecule is CC1(C)CCC(CN)(OCCCCO)CC1. The van der Waals surface area contributed by atoms with Crippen molar-refractivity contribution in [3.63, 3.8) is 0 Å². The van der Waals surface area contributed by atoms with Crippen LogP contribution in [0.1, 0.15) is 52.4 Å². The number of hydrogen-bond donors (Lipinski definition) is 2. The third-order valence-electron chi connectivity index (χ3n) is 3.85. The van der Waals surface area contributed by atoms with E-state index in [1.807, 2.05) is 0 Å². The lowest BCUT2D eigenvalue weighted by Crippen LogP contribution is -2.45. The second-order valence-electron chi connectivity index (χ2n) is 5.83. The summed E-state index contributed by atoms with van der Waals surface area (Å²) >= 11 is 0. The van der Waals surface area contributed by atoms with Gasteiger partial charge in [-0.25, -0.2) is 0 Å². The van der Waals surface area contributed by atoms with E-state index in [0.717, 1.165) is 32.3 Å². The van der Waals surface area contributed by atoms with Crippen LogP contribution in [0.3, 0.4) is 0 Å². The van der Waals surface area contributed by atoms with Crippen molar-refractivity contribution >= 4 is 0 Å². The van der Waals surface area contributed by atoms with Crippen molar-refractivity contribution in [1.82, 2.24) is 0 Å². The Morgan fingerprint density at radius 1 is 1.12 bits per heavy atom. The van der Waals surface area contributed by atoms with Gasteiger partial charge in [0.25, 0.3) is 0 Å². The lowest BCUT2D eigenvalue weighted by Gasteiger charge is -2.42. The van der Waals surface area contributed by atoms with Crippen LogP contribution in [0.25, 0.3) is 0 Å². The van der Waals surface area contributed by atoms with Crippen molar-refractivity contribution in [3.05, 3.63) is 0 Å². The quantitative estimate of drug-likeness (QED) is 0.686. The summed E-state index contributed by atoms with van der Waals surface area (Å²) in [5.74, 6) is 0. The highest BCUT2D eigenvalue weighted by atomic mass is 16.5. The molecule has 0 aromatic rings. The molecule has 1 aliphatic carbocycles. The van der Waals surface area contributed by atoms with E-state index in [2.05, 4.69) is 13.8 Å². The van der Waals surface area contributed by atoms with Crippen LogP contribution in [0.2, 0.25) is 0 Å². The molecular formula is C13H27NO2. The molecule has 3 N–H and O–H groups in total. The minimum Gasteiger partial charge on any atom is -0.396 e. The van der Waals surface area contributed by atoms with Crippen LogP contribution in [0.4, 0.5) is 0 Å². The number of ether oxygens (including phenoxy) is 1. The van der Waals surface area contributed by atoms with Gasteiger partial charge in [-0.3, -0.25) is 0 Å². The van der Waals surface area contributed by atoms with Crippen molar-refractivity contribution in [3.8, 4) is 0 Å². The molecule has 0 aromatic carbocycles. The Balaban J connectivity index is 2.34. The van der Waals surface area contributed by atoms with Crippen LogP contribution in [-0.4, -0.2) is 30.5 Å². The summed E-state index contributed by atoms with van der Waals surface area (Å²) in [6.07, 6.45) is 6.31. The fourth-order valence-electron chi connectivity index (χ4n) is 2.29. The summed E-state index contributed by atoms with van der Waals surface area (Å²) in [5, 5.41) is 8.71. The first-order chi connectivity index (χ1) is 7.54. The third-order valence-corrected chi connectivity index (χ3v) is 3.85. The van der Waals surface area contributed by atoms with Gasteiger partial charge in [0.05, 0.1) is 5.60 Å². The Labute approximate surface area is 99.4 Å². The second kappa shape index (κ2) is 5.99. The summed E-state index contributed by atoms with van der Waals surface area (Å²) in [6, 6.07) is 0. The lowest BCUT2D eigenvalue weighted by atomic mass is 9.71. The van der Waals surface area contributed by atoms with Crippen molar-refractivity contribution in [2.24, 2.45) is 11.1 Å². The highest BCUT2D eigenvalue weighted by molar-refractivity contribution is 4.91. The van der Waals surface area contributed by atoms with Gasteiger partial charge >= 0.3 is 0 Å². The van der Waals surface area contributed by atoms with E-state index in [-0.39, 0.29) is 12.2 Å². The third kappa shape index (κ3) is 4.04. The number of nitrogens with two attached hydrogens (primary N) is 1. The fraction of sp³-hybridized carbons (Fsp3) is 1.00. The Morgan fingerprint density at radius 2 is 1.75 bits per heavy atom. The number of unbranched alkanes of at least 4 members (excludes halogenated alkanes) is 1. The summed E-state index contributed by atoms with van der Waals surface area (Å²) < 4.78 is 5.98. The van der Waals surface area contributed by atoms with E-state index in [9.17, 15) is 0 Å². The average molecular weight is 229 g/mol. The molecule has 3 nitrogen and oxygen atoms in total. The monoisotopic (exact) mass is 229 g/mol. The Bertz CT molecular complexity index is 194. The zero-order chi connectivity index (χ0) is 12.1. The van der Waals surface area contributed by atoms with E-state index >= 15 is 0 Å². The van der Waals surface area contributed by atoms with Gasteiger partial charge in [0, 0.05) is 19.8 Å². The predicted octanol–water partition coefficient (Wildman–Crippen LogP) is 2.07. The summed E-state index contributed by atoms with van der Waals surface area (Å²) in [6.45, 7) is 6.25. The molecule has 96 valence electrons. The number of aliphatic hydroxyl groups is 1. The average Bonchev–Trinajstić information content (AvgIpc) is 2.27. The molecule has 0 spiro atoms. The first-order valence-electron chi connectivity index (χ1n) is 6.49. The molecule has 1 rings (SSSR count). The molecule has 0 amide bonds. The summed E-state index contributed by atoms with van der Waals surface area (Å²) in [7, 11) is 0. The first kappa shape index (κ1) is 13.9. The van der Waals surface area contributed by atoms with Crippen molar-refractivity contribution < 1.29 is 9.84 Å². The van der Waals surface area contributed by atoms with Crippen molar-refractivity contribution in [2.75, 3.05) is 19.8 Å². The van der Waals surface area contributed by atoms with E-state index in [0.29, 0.717) is 12.0 Å². The van der Waals surface area contributed by atoms with Gasteiger partial charge in [-0.2, -0.15) is 0 Å². The van der Waals surface area contributed by atoms with Gasteiger partial charge in [0.1, 0.15) is 0 Å². The van der Waals surface area contributed by atoms with Gasteiger partial charge in [-0.05, 0) is 43.9 Å². The topological polar surface area (TPSA) is 55.5 Å². The predicted molar refractivity (Wildman–Crippen MR) is 66.3 cm³/mol. The van der Waals surface area contributed by atoms with Gasteiger partial charge in [0.15, 0.2) is 0 Å². The van der Waals surface area contributed by atoms with Crippen LogP contribution >= 0.6 is 0 Å². The highest BCUT2D eigenvalue weighted by Crippen LogP contribution is 2.41. The van der Waals surface area contributed by atoms with Crippen LogP contribution in [-0.2, 0) is 4.74 Å². The highest BCUT2D eigenvalue weighted by Gasteiger charge is 2.37. The molecule has 0 heterocycles. The van der Waals surface area contributed by atoms with E-state index < -0.39 is 0 Å². The molecule has 0 unspecified atom stereocenters. The standard InChI is InChI=1S/C13H27NO2/c1-12(2)5-7-13(11-14,8-6-12)16-10-4-3-9-15/h15H,3-11,14H2,1-2H3. The van der Waals surface area contributed by atoms with Crippen LogP contribution < -0.4 is 5.73 Å². The largest absolute Gasteiger partial charge is 0.396 e. The summed E-state index contributed by atoms with van der Waals surface area (Å²) in [4.78, 5) is 0. The molecule has 0 radical (unpaired) electrons. The van der Waals surface area contributed by atoms with E-state index in [4.69, 9.17) is 15.6 Å². The molecule has 1 aliphatic rings. The molecule has 3 heteroatoms. The molecule has 0 atom stereocenters. The molecular weight excluding hydrogens is 202 g/mol. The fourth-order valence-corrected chi connectivity index (χ4v) is 2.29. The van der Waals surface area contributed by atoms with E-state index in [1.54, 1.807) is 0 Å². The van der Waals surface area contributed by atoms with Crippen LogP contribution in [0.5, 0.6) is 0 Å². The van der Waals surface area contributed by atoms with Crippen LogP contribution in [0, 0.1) is 5.41 Å². The van der Waals surface area contributed by atoms with Gasteiger partial charge < -0.3 is 15.6 Å². The normalized spacial score (nSPS) is 23.2. The van der Waals surface area contributed by atoms with Crippen LogP contribution in [0.15, 0.2) is 0 Å². The Morgan fingerprint density at radius 3 is 2.25 bits per heavy atom. The van der Waals surface area contributed by atoms with Gasteiger partial charge in [-0.1, -0.05) is 13.8 Å². The minimum atomic E-state index is -0.0784. The maximum atomic E-state index is 8.71. The van der Waals surface area contributed by atoms with Gasteiger partial charge in [-0.15, -0.1) is 0 Å². The molecule has 0 saturated heterocycles. The van der Waals surface area contributed by atoms with Crippen molar-refractivity contribution in [1.29, 1.82) is 0 Å². The minimum absolute atomic E-state index is 0.0784. The number of hydrogen-bond acceptors (Lipinski definition) is 3. The molecule has 1 saturated carbocycles. The molecule has 0 aliphatic heterocycles. The zero-order valence-corrected chi connectivity index (χ0v) is 10.8. The smallest absolute Gasteiger partial charge is 0.0804 e. The second-order valence-corrected chi connectivity index (χ2v) is 5.83. The van der Waals surface area contributed by atoms with Gasteiger partial charge in [0.2, 0.25) is 0 Å². The molecule has 1 fully saturated rings. The molecule has 16 heavy (non-hydrogen) atoms. The van der Waals surface area contributed by atoms with Crippen molar-refractivity contribution in [2.45, 2.75) is 58.0 Å². The Kier molecular flexibility index (Phi) is 5.22.